The summed E-state index contributed by atoms with van der Waals surface area (Å²) in [5, 5.41) is 9.63. The monoisotopic (exact) mass is 386 g/mol. The molecule has 1 aliphatic rings. The van der Waals surface area contributed by atoms with E-state index in [-0.39, 0.29) is 5.56 Å². The van der Waals surface area contributed by atoms with Crippen molar-refractivity contribution in [3.05, 3.63) is 59.2 Å². The predicted molar refractivity (Wildman–Crippen MR) is 107 cm³/mol. The molecule has 0 radical (unpaired) electrons. The number of hydrogen-bond acceptors (Lipinski definition) is 1. The van der Waals surface area contributed by atoms with Gasteiger partial charge in [0.05, 0.1) is 5.56 Å². The van der Waals surface area contributed by atoms with Gasteiger partial charge in [-0.1, -0.05) is 63.6 Å². The molecule has 0 spiro atoms. The van der Waals surface area contributed by atoms with E-state index in [0.29, 0.717) is 23.5 Å². The van der Waals surface area contributed by atoms with Crippen molar-refractivity contribution in [2.24, 2.45) is 11.8 Å². The fraction of sp³-hybridized carbons (Fsp3) is 0.458. The molecule has 0 amide bonds. The molecule has 0 unspecified atom stereocenters. The first kappa shape index (κ1) is 20.5. The second kappa shape index (κ2) is 9.31. The first-order valence-electron chi connectivity index (χ1n) is 10.3. The van der Waals surface area contributed by atoms with Crippen molar-refractivity contribution in [2.45, 2.75) is 58.3 Å². The topological polar surface area (TPSA) is 37.3 Å². The lowest BCUT2D eigenvalue weighted by Gasteiger charge is -2.28. The largest absolute Gasteiger partial charge is 0.478 e. The molecule has 1 fully saturated rings. The lowest BCUT2D eigenvalue weighted by atomic mass is 9.77. The van der Waals surface area contributed by atoms with Crippen LogP contribution in [-0.4, -0.2) is 11.1 Å². The molecule has 0 saturated heterocycles. The Balaban J connectivity index is 1.81. The summed E-state index contributed by atoms with van der Waals surface area (Å²) >= 11 is 0. The summed E-state index contributed by atoms with van der Waals surface area (Å²) in [5.74, 6) is -1.36. The number of hydrogen-bond donors (Lipinski definition) is 1. The van der Waals surface area contributed by atoms with E-state index in [2.05, 4.69) is 6.92 Å². The summed E-state index contributed by atoms with van der Waals surface area (Å²) in [6.07, 6.45) is 9.01. The molecule has 150 valence electrons. The highest BCUT2D eigenvalue weighted by Gasteiger charge is 2.22. The number of rotatable bonds is 7. The second-order valence-electron chi connectivity index (χ2n) is 7.98. The number of aromatic carboxylic acids is 1. The Morgan fingerprint density at radius 1 is 1.00 bits per heavy atom. The molecule has 0 atom stereocenters. The predicted octanol–water partition coefficient (Wildman–Crippen LogP) is 6.87. The highest BCUT2D eigenvalue weighted by molar-refractivity contribution is 5.92. The quantitative estimate of drug-likeness (QED) is 0.564. The lowest BCUT2D eigenvalue weighted by molar-refractivity contribution is 0.0695. The minimum atomic E-state index is -0.980. The maximum Gasteiger partial charge on any atom is 0.335 e. The van der Waals surface area contributed by atoms with Crippen molar-refractivity contribution < 1.29 is 18.7 Å². The van der Waals surface area contributed by atoms with Crippen LogP contribution in [0.4, 0.5) is 8.78 Å². The van der Waals surface area contributed by atoms with E-state index in [1.807, 2.05) is 0 Å². The van der Waals surface area contributed by atoms with Crippen LogP contribution in [0.5, 0.6) is 0 Å². The molecule has 2 aromatic carbocycles. The van der Waals surface area contributed by atoms with Gasteiger partial charge in [0.25, 0.3) is 0 Å². The van der Waals surface area contributed by atoms with Crippen LogP contribution >= 0.6 is 0 Å². The highest BCUT2D eigenvalue weighted by atomic mass is 19.2. The van der Waals surface area contributed by atoms with E-state index >= 15 is 0 Å². The zero-order valence-corrected chi connectivity index (χ0v) is 16.4. The molecule has 1 saturated carbocycles. The third-order valence-corrected chi connectivity index (χ3v) is 6.10. The van der Waals surface area contributed by atoms with Gasteiger partial charge in [-0.15, -0.1) is 0 Å². The van der Waals surface area contributed by atoms with Gasteiger partial charge in [0.2, 0.25) is 0 Å². The van der Waals surface area contributed by atoms with Gasteiger partial charge < -0.3 is 5.11 Å². The average molecular weight is 386 g/mol. The van der Waals surface area contributed by atoms with Crippen molar-refractivity contribution in [1.82, 2.24) is 0 Å². The summed E-state index contributed by atoms with van der Waals surface area (Å²) < 4.78 is 27.1. The van der Waals surface area contributed by atoms with Gasteiger partial charge in [-0.25, -0.2) is 13.6 Å². The molecule has 0 aromatic heterocycles. The van der Waals surface area contributed by atoms with Crippen LogP contribution in [0.25, 0.3) is 11.1 Å². The van der Waals surface area contributed by atoms with Gasteiger partial charge in [0.15, 0.2) is 11.6 Å². The van der Waals surface area contributed by atoms with Gasteiger partial charge in [-0.05, 0) is 59.6 Å². The minimum Gasteiger partial charge on any atom is -0.478 e. The number of carbonyl (C=O) groups is 1. The Kier molecular flexibility index (Phi) is 6.82. The smallest absolute Gasteiger partial charge is 0.335 e. The van der Waals surface area contributed by atoms with Gasteiger partial charge >= 0.3 is 5.97 Å². The van der Waals surface area contributed by atoms with Crippen LogP contribution in [0.3, 0.4) is 0 Å². The number of halogens is 2. The second-order valence-corrected chi connectivity index (χ2v) is 7.98. The third-order valence-electron chi connectivity index (χ3n) is 6.10. The fourth-order valence-electron chi connectivity index (χ4n) is 4.56. The Morgan fingerprint density at radius 2 is 1.68 bits per heavy atom. The van der Waals surface area contributed by atoms with Gasteiger partial charge in [-0.3, -0.25) is 0 Å². The molecular formula is C24H28F2O2. The molecular weight excluding hydrogens is 358 g/mol. The van der Waals surface area contributed by atoms with Crippen molar-refractivity contribution in [3.8, 4) is 11.1 Å². The van der Waals surface area contributed by atoms with Crippen molar-refractivity contribution >= 4 is 5.97 Å². The van der Waals surface area contributed by atoms with E-state index < -0.39 is 17.6 Å². The first-order valence-corrected chi connectivity index (χ1v) is 10.3. The molecule has 4 heteroatoms. The summed E-state index contributed by atoms with van der Waals surface area (Å²) in [6, 6.07) is 8.82. The zero-order valence-electron chi connectivity index (χ0n) is 16.4. The molecule has 2 aromatic rings. The summed E-state index contributed by atoms with van der Waals surface area (Å²) in [6.45, 7) is 2.23. The van der Waals surface area contributed by atoms with Crippen LogP contribution in [0.1, 0.15) is 67.8 Å². The Labute approximate surface area is 165 Å². The Bertz CT molecular complexity index is 823. The lowest BCUT2D eigenvalue weighted by Crippen LogP contribution is -2.16. The van der Waals surface area contributed by atoms with Gasteiger partial charge in [0, 0.05) is 0 Å². The van der Waals surface area contributed by atoms with E-state index in [1.165, 1.54) is 44.6 Å². The maximum absolute atomic E-state index is 13.7. The molecule has 0 heterocycles. The van der Waals surface area contributed by atoms with Crippen molar-refractivity contribution in [3.63, 3.8) is 0 Å². The van der Waals surface area contributed by atoms with E-state index in [9.17, 15) is 18.7 Å². The van der Waals surface area contributed by atoms with Crippen LogP contribution in [0, 0.1) is 23.5 Å². The van der Waals surface area contributed by atoms with E-state index in [1.54, 1.807) is 18.2 Å². The summed E-state index contributed by atoms with van der Waals surface area (Å²) in [5.41, 5.74) is 2.17. The third kappa shape index (κ3) is 4.78. The molecule has 1 N–H and O–H groups in total. The van der Waals surface area contributed by atoms with Crippen molar-refractivity contribution in [1.29, 1.82) is 0 Å². The maximum atomic E-state index is 13.7. The van der Waals surface area contributed by atoms with Gasteiger partial charge in [0.1, 0.15) is 0 Å². The molecule has 0 bridgehead atoms. The van der Waals surface area contributed by atoms with E-state index in [4.69, 9.17) is 0 Å². The molecule has 28 heavy (non-hydrogen) atoms. The highest BCUT2D eigenvalue weighted by Crippen LogP contribution is 2.35. The van der Waals surface area contributed by atoms with Crippen LogP contribution in [0.15, 0.2) is 36.4 Å². The zero-order chi connectivity index (χ0) is 20.1. The average Bonchev–Trinajstić information content (AvgIpc) is 2.69. The first-order chi connectivity index (χ1) is 13.5. The molecule has 0 aliphatic heterocycles. The molecule has 2 nitrogen and oxygen atoms in total. The van der Waals surface area contributed by atoms with Crippen molar-refractivity contribution in [2.75, 3.05) is 0 Å². The molecule has 1 aliphatic carbocycles. The standard InChI is InChI=1S/C24H28F2O2/c1-2-4-16-7-9-17(10-8-16)11-13-20-19(5-3-6-21(20)24(27)28)18-12-14-22(25)23(26)15-18/h3,5-6,12,14-17H,2,4,7-11,13H2,1H3,(H,27,28). The number of carboxylic acid groups (broad SMARTS) is 1. The minimum absolute atomic E-state index is 0.252. The Morgan fingerprint density at radius 3 is 2.29 bits per heavy atom. The van der Waals surface area contributed by atoms with Crippen LogP contribution in [0.2, 0.25) is 0 Å². The summed E-state index contributed by atoms with van der Waals surface area (Å²) in [7, 11) is 0. The van der Waals surface area contributed by atoms with Crippen LogP contribution < -0.4 is 0 Å². The Hall–Kier alpha value is -2.23. The van der Waals surface area contributed by atoms with E-state index in [0.717, 1.165) is 30.0 Å². The SMILES string of the molecule is CCCC1CCC(CCc2c(C(=O)O)cccc2-c2ccc(F)c(F)c2)CC1. The van der Waals surface area contributed by atoms with Gasteiger partial charge in [-0.2, -0.15) is 0 Å². The number of benzene rings is 2. The normalized spacial score (nSPS) is 19.5. The number of carboxylic acids is 1. The molecule has 3 rings (SSSR count). The van der Waals surface area contributed by atoms with Crippen LogP contribution in [-0.2, 0) is 6.42 Å². The summed E-state index contributed by atoms with van der Waals surface area (Å²) in [4.78, 5) is 11.8. The fourth-order valence-corrected chi connectivity index (χ4v) is 4.56.